The van der Waals surface area contributed by atoms with Gasteiger partial charge in [-0.05, 0) is 24.1 Å². The summed E-state index contributed by atoms with van der Waals surface area (Å²) in [7, 11) is 1.87. The molecule has 2 N–H and O–H groups in total. The highest BCUT2D eigenvalue weighted by atomic mass is 14.9. The minimum absolute atomic E-state index is 0.0382. The lowest BCUT2D eigenvalue weighted by Crippen LogP contribution is -2.16. The SMILES string of the molecule is CNC(C=N)c1ccc(C(C)C)cc1. The lowest BCUT2D eigenvalue weighted by Gasteiger charge is -2.12. The Balaban J connectivity index is 2.87. The molecule has 0 aliphatic carbocycles. The second-order valence-corrected chi connectivity index (χ2v) is 3.75. The first kappa shape index (κ1) is 10.9. The van der Waals surface area contributed by atoms with Crippen molar-refractivity contribution in [3.8, 4) is 0 Å². The van der Waals surface area contributed by atoms with Crippen molar-refractivity contribution >= 4 is 6.21 Å². The first-order valence-electron chi connectivity index (χ1n) is 4.96. The van der Waals surface area contributed by atoms with Crippen molar-refractivity contribution in [2.45, 2.75) is 25.8 Å². The van der Waals surface area contributed by atoms with Crippen LogP contribution in [-0.4, -0.2) is 13.3 Å². The van der Waals surface area contributed by atoms with Gasteiger partial charge >= 0.3 is 0 Å². The van der Waals surface area contributed by atoms with E-state index in [4.69, 9.17) is 5.41 Å². The van der Waals surface area contributed by atoms with Gasteiger partial charge in [-0.1, -0.05) is 38.1 Å². The van der Waals surface area contributed by atoms with Gasteiger partial charge in [-0.2, -0.15) is 0 Å². The summed E-state index contributed by atoms with van der Waals surface area (Å²) in [5, 5.41) is 10.3. The van der Waals surface area contributed by atoms with Gasteiger partial charge in [-0.15, -0.1) is 0 Å². The molecular weight excluding hydrogens is 172 g/mol. The van der Waals surface area contributed by atoms with E-state index in [9.17, 15) is 0 Å². The summed E-state index contributed by atoms with van der Waals surface area (Å²) in [4.78, 5) is 0. The van der Waals surface area contributed by atoms with Gasteiger partial charge in [0, 0.05) is 6.21 Å². The standard InChI is InChI=1S/C12H18N2/c1-9(2)10-4-6-11(7-5-10)12(8-13)14-3/h4-9,12-14H,1-3H3. The molecule has 1 aromatic carbocycles. The maximum absolute atomic E-state index is 7.25. The topological polar surface area (TPSA) is 35.9 Å². The summed E-state index contributed by atoms with van der Waals surface area (Å²) >= 11 is 0. The van der Waals surface area contributed by atoms with E-state index in [1.54, 1.807) is 0 Å². The molecule has 0 aromatic heterocycles. The summed E-state index contributed by atoms with van der Waals surface area (Å²) in [6.45, 7) is 4.36. The second-order valence-electron chi connectivity index (χ2n) is 3.75. The Bertz CT molecular complexity index is 288. The summed E-state index contributed by atoms with van der Waals surface area (Å²) in [6.07, 6.45) is 1.42. The van der Waals surface area contributed by atoms with Crippen LogP contribution < -0.4 is 5.32 Å². The molecule has 0 aliphatic heterocycles. The van der Waals surface area contributed by atoms with Crippen LogP contribution in [0.2, 0.25) is 0 Å². The summed E-state index contributed by atoms with van der Waals surface area (Å²) in [6, 6.07) is 8.47. The van der Waals surface area contributed by atoms with Gasteiger partial charge in [0.05, 0.1) is 6.04 Å². The van der Waals surface area contributed by atoms with E-state index in [1.165, 1.54) is 11.8 Å². The van der Waals surface area contributed by atoms with Gasteiger partial charge < -0.3 is 10.7 Å². The molecule has 1 rings (SSSR count). The van der Waals surface area contributed by atoms with Gasteiger partial charge in [0.1, 0.15) is 0 Å². The molecule has 14 heavy (non-hydrogen) atoms. The van der Waals surface area contributed by atoms with Gasteiger partial charge in [0.2, 0.25) is 0 Å². The van der Waals surface area contributed by atoms with E-state index in [2.05, 4.69) is 43.4 Å². The molecule has 1 atom stereocenters. The van der Waals surface area contributed by atoms with E-state index in [-0.39, 0.29) is 6.04 Å². The highest BCUT2D eigenvalue weighted by molar-refractivity contribution is 5.64. The third kappa shape index (κ3) is 2.42. The third-order valence-corrected chi connectivity index (χ3v) is 2.44. The minimum atomic E-state index is 0.0382. The van der Waals surface area contributed by atoms with Crippen LogP contribution in [-0.2, 0) is 0 Å². The molecule has 0 amide bonds. The molecule has 1 aromatic rings. The number of hydrogen-bond acceptors (Lipinski definition) is 2. The van der Waals surface area contributed by atoms with Crippen LogP contribution >= 0.6 is 0 Å². The molecule has 0 spiro atoms. The van der Waals surface area contributed by atoms with Crippen molar-refractivity contribution in [3.63, 3.8) is 0 Å². The molecule has 0 bridgehead atoms. The average molecular weight is 190 g/mol. The Hall–Kier alpha value is -1.15. The number of hydrogen-bond donors (Lipinski definition) is 2. The first-order chi connectivity index (χ1) is 6.69. The minimum Gasteiger partial charge on any atom is -0.311 e. The Morgan fingerprint density at radius 1 is 1.14 bits per heavy atom. The monoisotopic (exact) mass is 190 g/mol. The zero-order valence-corrected chi connectivity index (χ0v) is 9.04. The van der Waals surface area contributed by atoms with Gasteiger partial charge in [-0.3, -0.25) is 0 Å². The maximum Gasteiger partial charge on any atom is 0.0671 e. The maximum atomic E-state index is 7.25. The van der Waals surface area contributed by atoms with Gasteiger partial charge in [0.25, 0.3) is 0 Å². The van der Waals surface area contributed by atoms with Crippen LogP contribution in [0.15, 0.2) is 24.3 Å². The quantitative estimate of drug-likeness (QED) is 0.704. The number of benzene rings is 1. The fraction of sp³-hybridized carbons (Fsp3) is 0.417. The third-order valence-electron chi connectivity index (χ3n) is 2.44. The molecule has 1 unspecified atom stereocenters. The molecule has 76 valence electrons. The fourth-order valence-electron chi connectivity index (χ4n) is 1.43. The van der Waals surface area contributed by atoms with Gasteiger partial charge in [-0.25, -0.2) is 0 Å². The molecule has 0 saturated heterocycles. The number of rotatable bonds is 4. The predicted octanol–water partition coefficient (Wildman–Crippen LogP) is 2.72. The van der Waals surface area contributed by atoms with Crippen molar-refractivity contribution in [2.24, 2.45) is 0 Å². The predicted molar refractivity (Wildman–Crippen MR) is 61.1 cm³/mol. The van der Waals surface area contributed by atoms with Crippen LogP contribution in [0.5, 0.6) is 0 Å². The fourth-order valence-corrected chi connectivity index (χ4v) is 1.43. The molecule has 0 radical (unpaired) electrons. The summed E-state index contributed by atoms with van der Waals surface area (Å²) < 4.78 is 0. The van der Waals surface area contributed by atoms with Crippen molar-refractivity contribution in [2.75, 3.05) is 7.05 Å². The molecule has 0 saturated carbocycles. The van der Waals surface area contributed by atoms with Crippen molar-refractivity contribution in [1.82, 2.24) is 5.32 Å². The van der Waals surface area contributed by atoms with Crippen LogP contribution in [0.1, 0.15) is 36.9 Å². The second kappa shape index (κ2) is 4.91. The Morgan fingerprint density at radius 2 is 1.64 bits per heavy atom. The van der Waals surface area contributed by atoms with Crippen LogP contribution in [0.4, 0.5) is 0 Å². The van der Waals surface area contributed by atoms with Crippen LogP contribution in [0.25, 0.3) is 0 Å². The van der Waals surface area contributed by atoms with E-state index >= 15 is 0 Å². The highest BCUT2D eigenvalue weighted by Crippen LogP contribution is 2.17. The zero-order valence-electron chi connectivity index (χ0n) is 9.04. The van der Waals surface area contributed by atoms with Crippen LogP contribution in [0.3, 0.4) is 0 Å². The smallest absolute Gasteiger partial charge is 0.0671 e. The molecule has 0 fully saturated rings. The van der Waals surface area contributed by atoms with E-state index < -0.39 is 0 Å². The Kier molecular flexibility index (Phi) is 3.84. The first-order valence-corrected chi connectivity index (χ1v) is 4.96. The molecule has 2 heteroatoms. The van der Waals surface area contributed by atoms with E-state index in [1.807, 2.05) is 7.05 Å². The highest BCUT2D eigenvalue weighted by Gasteiger charge is 2.05. The largest absolute Gasteiger partial charge is 0.311 e. The van der Waals surface area contributed by atoms with Crippen molar-refractivity contribution < 1.29 is 0 Å². The average Bonchev–Trinajstić information content (AvgIpc) is 2.20. The van der Waals surface area contributed by atoms with E-state index in [0.717, 1.165) is 5.56 Å². The Morgan fingerprint density at radius 3 is 2.00 bits per heavy atom. The summed E-state index contributed by atoms with van der Waals surface area (Å²) in [5.41, 5.74) is 2.49. The lowest BCUT2D eigenvalue weighted by atomic mass is 9.99. The van der Waals surface area contributed by atoms with Gasteiger partial charge in [0.15, 0.2) is 0 Å². The number of nitrogens with one attached hydrogen (secondary N) is 2. The normalized spacial score (nSPS) is 12.9. The molecular formula is C12H18N2. The molecule has 0 heterocycles. The summed E-state index contributed by atoms with van der Waals surface area (Å²) in [5.74, 6) is 0.567. The molecule has 2 nitrogen and oxygen atoms in total. The van der Waals surface area contributed by atoms with E-state index in [0.29, 0.717) is 5.92 Å². The van der Waals surface area contributed by atoms with Crippen LogP contribution in [0, 0.1) is 5.41 Å². The van der Waals surface area contributed by atoms with Crippen molar-refractivity contribution in [1.29, 1.82) is 5.41 Å². The van der Waals surface area contributed by atoms with Crippen molar-refractivity contribution in [3.05, 3.63) is 35.4 Å². The molecule has 0 aliphatic rings. The zero-order chi connectivity index (χ0) is 10.6. The lowest BCUT2D eigenvalue weighted by molar-refractivity contribution is 0.757. The Labute approximate surface area is 85.9 Å².